The lowest BCUT2D eigenvalue weighted by atomic mass is 10.4. The Labute approximate surface area is 95.5 Å². The van der Waals surface area contributed by atoms with E-state index in [4.69, 9.17) is 10.3 Å². The van der Waals surface area contributed by atoms with Crippen LogP contribution in [0.2, 0.25) is 0 Å². The Hall–Kier alpha value is -1.73. The first-order valence-corrected chi connectivity index (χ1v) is 5.55. The molecule has 0 spiro atoms. The fraction of sp³-hybridized carbons (Fsp3) is 0.222. The molecule has 0 saturated carbocycles. The third kappa shape index (κ3) is 2.26. The number of carbonyl (C=O) groups is 1. The van der Waals surface area contributed by atoms with E-state index in [1.165, 1.54) is 11.3 Å². The molecular formula is C9H10N4O2S. The number of rotatable bonds is 4. The Bertz CT molecular complexity index is 466. The molecular weight excluding hydrogens is 228 g/mol. The number of nitrogens with one attached hydrogen (secondary N) is 1. The maximum atomic E-state index is 11.4. The maximum Gasteiger partial charge on any atom is 0.316 e. The number of carbonyl (C=O) groups excluding carboxylic acids is 1. The summed E-state index contributed by atoms with van der Waals surface area (Å²) in [4.78, 5) is 16.3. The van der Waals surface area contributed by atoms with Gasteiger partial charge in [0.25, 0.3) is 0 Å². The van der Waals surface area contributed by atoms with Crippen molar-refractivity contribution in [2.24, 2.45) is 5.73 Å². The van der Waals surface area contributed by atoms with E-state index in [0.717, 1.165) is 4.88 Å². The third-order valence-corrected chi connectivity index (χ3v) is 2.66. The van der Waals surface area contributed by atoms with Crippen LogP contribution < -0.4 is 11.1 Å². The van der Waals surface area contributed by atoms with Crippen LogP contribution in [0.4, 0.5) is 0 Å². The van der Waals surface area contributed by atoms with Crippen molar-refractivity contribution in [3.05, 3.63) is 23.4 Å². The Kier molecular flexibility index (Phi) is 3.28. The highest BCUT2D eigenvalue weighted by Crippen LogP contribution is 2.20. The topological polar surface area (TPSA) is 94.0 Å². The molecule has 6 nitrogen and oxygen atoms in total. The number of aromatic nitrogens is 2. The molecule has 0 atom stereocenters. The first-order valence-electron chi connectivity index (χ1n) is 4.67. The average Bonchev–Trinajstić information content (AvgIpc) is 2.94. The van der Waals surface area contributed by atoms with Crippen molar-refractivity contribution in [1.82, 2.24) is 15.5 Å². The molecule has 1 amide bonds. The van der Waals surface area contributed by atoms with E-state index >= 15 is 0 Å². The van der Waals surface area contributed by atoms with Crippen LogP contribution in [-0.4, -0.2) is 29.1 Å². The molecule has 0 radical (unpaired) electrons. The standard InChI is InChI=1S/C9H10N4O2S/c10-3-4-11-8(14)9-12-7(13-15-9)6-2-1-5-16-6/h1-2,5H,3-4,10H2,(H,11,14). The smallest absolute Gasteiger partial charge is 0.316 e. The summed E-state index contributed by atoms with van der Waals surface area (Å²) < 4.78 is 4.84. The molecule has 0 bridgehead atoms. The van der Waals surface area contributed by atoms with E-state index in [-0.39, 0.29) is 5.89 Å². The monoisotopic (exact) mass is 238 g/mol. The second-order valence-electron chi connectivity index (χ2n) is 2.95. The van der Waals surface area contributed by atoms with Gasteiger partial charge >= 0.3 is 11.8 Å². The van der Waals surface area contributed by atoms with Crippen molar-refractivity contribution in [3.63, 3.8) is 0 Å². The summed E-state index contributed by atoms with van der Waals surface area (Å²) in [6, 6.07) is 3.74. The minimum Gasteiger partial charge on any atom is -0.347 e. The van der Waals surface area contributed by atoms with Crippen LogP contribution in [0.5, 0.6) is 0 Å². The summed E-state index contributed by atoms with van der Waals surface area (Å²) in [7, 11) is 0. The SMILES string of the molecule is NCCNC(=O)c1nc(-c2cccs2)no1. The van der Waals surface area contributed by atoms with Gasteiger partial charge in [-0.05, 0) is 11.4 Å². The molecule has 2 heterocycles. The molecule has 0 aliphatic carbocycles. The van der Waals surface area contributed by atoms with Crippen LogP contribution in [0.1, 0.15) is 10.7 Å². The summed E-state index contributed by atoms with van der Waals surface area (Å²) in [5.74, 6) is -0.0227. The Morgan fingerprint density at radius 1 is 1.62 bits per heavy atom. The number of hydrogen-bond donors (Lipinski definition) is 2. The largest absolute Gasteiger partial charge is 0.347 e. The van der Waals surface area contributed by atoms with E-state index in [1.807, 2.05) is 17.5 Å². The van der Waals surface area contributed by atoms with Crippen molar-refractivity contribution < 1.29 is 9.32 Å². The highest BCUT2D eigenvalue weighted by Gasteiger charge is 2.15. The van der Waals surface area contributed by atoms with E-state index in [0.29, 0.717) is 18.9 Å². The highest BCUT2D eigenvalue weighted by molar-refractivity contribution is 7.13. The van der Waals surface area contributed by atoms with Gasteiger partial charge in [-0.15, -0.1) is 11.3 Å². The first-order chi connectivity index (χ1) is 7.81. The molecule has 0 aliphatic heterocycles. The van der Waals surface area contributed by atoms with Gasteiger partial charge < -0.3 is 15.6 Å². The second kappa shape index (κ2) is 4.86. The first kappa shape index (κ1) is 10.8. The normalized spacial score (nSPS) is 10.3. The predicted molar refractivity (Wildman–Crippen MR) is 59.0 cm³/mol. The van der Waals surface area contributed by atoms with Crippen LogP contribution in [0.15, 0.2) is 22.0 Å². The number of amides is 1. The number of thiophene rings is 1. The number of hydrogen-bond acceptors (Lipinski definition) is 6. The van der Waals surface area contributed by atoms with Crippen molar-refractivity contribution in [2.75, 3.05) is 13.1 Å². The minimum absolute atomic E-state index is 0.0446. The zero-order valence-electron chi connectivity index (χ0n) is 8.34. The van der Waals surface area contributed by atoms with Gasteiger partial charge in [0.05, 0.1) is 4.88 Å². The highest BCUT2D eigenvalue weighted by atomic mass is 32.1. The molecule has 0 aromatic carbocycles. The zero-order valence-corrected chi connectivity index (χ0v) is 9.16. The second-order valence-corrected chi connectivity index (χ2v) is 3.89. The van der Waals surface area contributed by atoms with Gasteiger partial charge in [-0.25, -0.2) is 0 Å². The summed E-state index contributed by atoms with van der Waals surface area (Å²) in [5, 5.41) is 8.17. The lowest BCUT2D eigenvalue weighted by Crippen LogP contribution is -2.29. The molecule has 3 N–H and O–H groups in total. The fourth-order valence-electron chi connectivity index (χ4n) is 1.08. The van der Waals surface area contributed by atoms with Crippen molar-refractivity contribution in [3.8, 4) is 10.7 Å². The quantitative estimate of drug-likeness (QED) is 0.808. The van der Waals surface area contributed by atoms with Crippen molar-refractivity contribution in [1.29, 1.82) is 0 Å². The number of nitrogens with zero attached hydrogens (tertiary/aromatic N) is 2. The van der Waals surface area contributed by atoms with Gasteiger partial charge in [0.1, 0.15) is 0 Å². The van der Waals surface area contributed by atoms with E-state index < -0.39 is 5.91 Å². The fourth-order valence-corrected chi connectivity index (χ4v) is 1.73. The molecule has 7 heteroatoms. The van der Waals surface area contributed by atoms with E-state index in [9.17, 15) is 4.79 Å². The minimum atomic E-state index is -0.402. The molecule has 2 rings (SSSR count). The maximum absolute atomic E-state index is 11.4. The van der Waals surface area contributed by atoms with Gasteiger partial charge in [0.2, 0.25) is 5.82 Å². The molecule has 2 aromatic heterocycles. The summed E-state index contributed by atoms with van der Waals surface area (Å²) in [6.07, 6.45) is 0. The molecule has 0 fully saturated rings. The molecule has 0 saturated heterocycles. The van der Waals surface area contributed by atoms with Crippen LogP contribution in [0, 0.1) is 0 Å². The summed E-state index contributed by atoms with van der Waals surface area (Å²) in [6.45, 7) is 0.757. The van der Waals surface area contributed by atoms with Gasteiger partial charge in [-0.3, -0.25) is 4.79 Å². The average molecular weight is 238 g/mol. The summed E-state index contributed by atoms with van der Waals surface area (Å²) >= 11 is 1.48. The van der Waals surface area contributed by atoms with Crippen LogP contribution in [0.25, 0.3) is 10.7 Å². The van der Waals surface area contributed by atoms with Crippen LogP contribution in [-0.2, 0) is 0 Å². The molecule has 0 unspecified atom stereocenters. The molecule has 0 aliphatic rings. The van der Waals surface area contributed by atoms with Crippen molar-refractivity contribution in [2.45, 2.75) is 0 Å². The molecule has 2 aromatic rings. The van der Waals surface area contributed by atoms with E-state index in [1.54, 1.807) is 0 Å². The van der Waals surface area contributed by atoms with E-state index in [2.05, 4.69) is 15.5 Å². The van der Waals surface area contributed by atoms with Crippen LogP contribution in [0.3, 0.4) is 0 Å². The molecule has 16 heavy (non-hydrogen) atoms. The van der Waals surface area contributed by atoms with Gasteiger partial charge in [0.15, 0.2) is 0 Å². The van der Waals surface area contributed by atoms with Gasteiger partial charge in [-0.1, -0.05) is 11.2 Å². The lowest BCUT2D eigenvalue weighted by Gasteiger charge is -1.96. The lowest BCUT2D eigenvalue weighted by molar-refractivity contribution is 0.0911. The summed E-state index contributed by atoms with van der Waals surface area (Å²) in [5.41, 5.74) is 5.26. The molecule has 84 valence electrons. The number of nitrogens with two attached hydrogens (primary N) is 1. The Balaban J connectivity index is 2.11. The van der Waals surface area contributed by atoms with Crippen LogP contribution >= 0.6 is 11.3 Å². The zero-order chi connectivity index (χ0) is 11.4. The predicted octanol–water partition coefficient (Wildman–Crippen LogP) is 0.487. The third-order valence-electron chi connectivity index (χ3n) is 1.79. The van der Waals surface area contributed by atoms with Crippen molar-refractivity contribution >= 4 is 17.2 Å². The van der Waals surface area contributed by atoms with Gasteiger partial charge in [-0.2, -0.15) is 4.98 Å². The van der Waals surface area contributed by atoms with Gasteiger partial charge in [0, 0.05) is 13.1 Å². The Morgan fingerprint density at radius 2 is 2.50 bits per heavy atom. The Morgan fingerprint density at radius 3 is 3.19 bits per heavy atom.